The number of anilines is 1. The van der Waals surface area contributed by atoms with Crippen LogP contribution in [0.5, 0.6) is 0 Å². The summed E-state index contributed by atoms with van der Waals surface area (Å²) in [4.78, 5) is 9.64. The number of hydrogen-bond donors (Lipinski definition) is 1. The van der Waals surface area contributed by atoms with Crippen LogP contribution >= 0.6 is 23.1 Å². The lowest BCUT2D eigenvalue weighted by molar-refractivity contribution is 0.979. The van der Waals surface area contributed by atoms with Crippen molar-refractivity contribution in [1.29, 1.82) is 5.26 Å². The van der Waals surface area contributed by atoms with Crippen LogP contribution in [-0.4, -0.2) is 15.2 Å². The summed E-state index contributed by atoms with van der Waals surface area (Å²) >= 11 is 2.89. The van der Waals surface area contributed by atoms with Gasteiger partial charge in [-0.1, -0.05) is 41.6 Å². The highest BCUT2D eigenvalue weighted by Crippen LogP contribution is 2.29. The molecule has 110 valence electrons. The van der Waals surface area contributed by atoms with E-state index in [0.29, 0.717) is 17.4 Å². The molecule has 0 amide bonds. The normalized spacial score (nSPS) is 12.2. The van der Waals surface area contributed by atoms with Crippen molar-refractivity contribution in [3.63, 3.8) is 0 Å². The number of nitrogen functional groups attached to an aromatic ring is 1. The number of fused-ring (bicyclic) bond motifs is 1. The number of nitriles is 1. The monoisotopic (exact) mass is 326 g/mol. The molecule has 0 aliphatic carbocycles. The molecule has 0 saturated carbocycles. The number of nitrogens with two attached hydrogens (primary N) is 1. The lowest BCUT2D eigenvalue weighted by Crippen LogP contribution is -2.06. The maximum atomic E-state index is 9.39. The van der Waals surface area contributed by atoms with Crippen LogP contribution in [-0.2, 0) is 6.42 Å². The topological polar surface area (TPSA) is 75.6 Å². The Morgan fingerprint density at radius 2 is 2.05 bits per heavy atom. The Morgan fingerprint density at radius 3 is 2.77 bits per heavy atom. The molecule has 0 aliphatic rings. The van der Waals surface area contributed by atoms with Gasteiger partial charge in [0.25, 0.3) is 0 Å². The van der Waals surface area contributed by atoms with Crippen LogP contribution in [0.4, 0.5) is 5.82 Å². The summed E-state index contributed by atoms with van der Waals surface area (Å²) in [6.45, 7) is 2.05. The molecule has 0 spiro atoms. The predicted octanol–water partition coefficient (Wildman–Crippen LogP) is 3.81. The van der Waals surface area contributed by atoms with Gasteiger partial charge in [0.2, 0.25) is 0 Å². The van der Waals surface area contributed by atoms with Gasteiger partial charge in [0.05, 0.1) is 11.5 Å². The molecule has 3 rings (SSSR count). The highest BCUT2D eigenvalue weighted by Gasteiger charge is 2.14. The Bertz CT molecular complexity index is 833. The molecule has 0 unspecified atom stereocenters. The number of hydrogen-bond acceptors (Lipinski definition) is 6. The Morgan fingerprint density at radius 1 is 1.27 bits per heavy atom. The molecule has 0 radical (unpaired) electrons. The first-order valence-electron chi connectivity index (χ1n) is 6.78. The zero-order chi connectivity index (χ0) is 15.5. The van der Waals surface area contributed by atoms with Crippen molar-refractivity contribution in [1.82, 2.24) is 9.97 Å². The summed E-state index contributed by atoms with van der Waals surface area (Å²) in [5.74, 6) is 0.473. The number of thiophene rings is 1. The smallest absolute Gasteiger partial charge is 0.192 e. The van der Waals surface area contributed by atoms with Crippen LogP contribution in [0.2, 0.25) is 0 Å². The van der Waals surface area contributed by atoms with Gasteiger partial charge in [-0.3, -0.25) is 0 Å². The fraction of sp³-hybridized carbons (Fsp3) is 0.188. The van der Waals surface area contributed by atoms with E-state index in [1.807, 2.05) is 18.4 Å². The summed E-state index contributed by atoms with van der Waals surface area (Å²) in [6, 6.07) is 12.5. The van der Waals surface area contributed by atoms with Crippen molar-refractivity contribution >= 4 is 39.1 Å². The van der Waals surface area contributed by atoms with E-state index < -0.39 is 0 Å². The maximum Gasteiger partial charge on any atom is 0.192 e. The van der Waals surface area contributed by atoms with Gasteiger partial charge in [0.15, 0.2) is 5.16 Å². The van der Waals surface area contributed by atoms with Crippen molar-refractivity contribution in [2.24, 2.45) is 0 Å². The Balaban J connectivity index is 1.79. The van der Waals surface area contributed by atoms with Gasteiger partial charge in [0, 0.05) is 0 Å². The van der Waals surface area contributed by atoms with Crippen molar-refractivity contribution in [2.75, 3.05) is 5.73 Å². The van der Waals surface area contributed by atoms with Gasteiger partial charge in [-0.2, -0.15) is 5.26 Å². The first-order chi connectivity index (χ1) is 10.7. The SMILES string of the molecule is Cc1ccc(C[C@@H](C#N)Sc2nc(N)c3ccsc3n2)cc1. The fourth-order valence-corrected chi connectivity index (χ4v) is 3.80. The van der Waals surface area contributed by atoms with E-state index in [0.717, 1.165) is 15.8 Å². The Labute approximate surface area is 137 Å². The second-order valence-electron chi connectivity index (χ2n) is 4.96. The van der Waals surface area contributed by atoms with E-state index >= 15 is 0 Å². The van der Waals surface area contributed by atoms with E-state index in [1.54, 1.807) is 0 Å². The number of nitrogens with zero attached hydrogens (tertiary/aromatic N) is 3. The predicted molar refractivity (Wildman–Crippen MR) is 92.0 cm³/mol. The van der Waals surface area contributed by atoms with Crippen molar-refractivity contribution in [3.05, 3.63) is 46.8 Å². The molecule has 0 aliphatic heterocycles. The zero-order valence-electron chi connectivity index (χ0n) is 12.0. The number of aromatic nitrogens is 2. The maximum absolute atomic E-state index is 9.39. The minimum absolute atomic E-state index is 0.237. The van der Waals surface area contributed by atoms with E-state index in [4.69, 9.17) is 5.73 Å². The summed E-state index contributed by atoms with van der Waals surface area (Å²) < 4.78 is 0. The standard InChI is InChI=1S/C16H14N4S2/c1-10-2-4-11(5-3-10)8-12(9-17)22-16-19-14(18)13-6-7-21-15(13)20-16/h2-7,12H,8H2,1H3,(H2,18,19,20)/t12-/m0/s1. The quantitative estimate of drug-likeness (QED) is 0.583. The molecular formula is C16H14N4S2. The lowest BCUT2D eigenvalue weighted by atomic mass is 10.1. The Kier molecular flexibility index (Phi) is 4.27. The minimum atomic E-state index is -0.237. The third-order valence-electron chi connectivity index (χ3n) is 3.27. The molecular weight excluding hydrogens is 312 g/mol. The van der Waals surface area contributed by atoms with Crippen molar-refractivity contribution < 1.29 is 0 Å². The highest BCUT2D eigenvalue weighted by molar-refractivity contribution is 8.00. The lowest BCUT2D eigenvalue weighted by Gasteiger charge is -2.09. The highest BCUT2D eigenvalue weighted by atomic mass is 32.2. The summed E-state index contributed by atoms with van der Waals surface area (Å²) in [5.41, 5.74) is 8.29. The van der Waals surface area contributed by atoms with Crippen LogP contribution < -0.4 is 5.73 Å². The van der Waals surface area contributed by atoms with E-state index in [-0.39, 0.29) is 5.25 Å². The van der Waals surface area contributed by atoms with Gasteiger partial charge >= 0.3 is 0 Å². The first kappa shape index (κ1) is 14.8. The average molecular weight is 326 g/mol. The average Bonchev–Trinajstić information content (AvgIpc) is 2.98. The molecule has 0 saturated heterocycles. The van der Waals surface area contributed by atoms with Crippen molar-refractivity contribution in [3.8, 4) is 6.07 Å². The zero-order valence-corrected chi connectivity index (χ0v) is 13.6. The molecule has 0 fully saturated rings. The van der Waals surface area contributed by atoms with Gasteiger partial charge in [-0.15, -0.1) is 11.3 Å². The molecule has 0 bridgehead atoms. The van der Waals surface area contributed by atoms with Crippen LogP contribution in [0.15, 0.2) is 40.9 Å². The minimum Gasteiger partial charge on any atom is -0.383 e. The summed E-state index contributed by atoms with van der Waals surface area (Å²) in [5, 5.41) is 12.5. The van der Waals surface area contributed by atoms with Crippen LogP contribution in [0.3, 0.4) is 0 Å². The second-order valence-corrected chi connectivity index (χ2v) is 7.02. The largest absolute Gasteiger partial charge is 0.383 e. The second kappa shape index (κ2) is 6.34. The van der Waals surface area contributed by atoms with E-state index in [1.165, 1.54) is 28.7 Å². The Hall–Kier alpha value is -2.10. The van der Waals surface area contributed by atoms with Gasteiger partial charge in [-0.25, -0.2) is 9.97 Å². The van der Waals surface area contributed by atoms with E-state index in [9.17, 15) is 5.26 Å². The molecule has 1 aromatic carbocycles. The molecule has 4 nitrogen and oxygen atoms in total. The molecule has 22 heavy (non-hydrogen) atoms. The van der Waals surface area contributed by atoms with Gasteiger partial charge < -0.3 is 5.73 Å². The molecule has 2 heterocycles. The number of thioether (sulfide) groups is 1. The summed E-state index contributed by atoms with van der Waals surface area (Å²) in [7, 11) is 0. The first-order valence-corrected chi connectivity index (χ1v) is 8.54. The molecule has 3 aromatic rings. The molecule has 2 N–H and O–H groups in total. The molecule has 2 aromatic heterocycles. The number of benzene rings is 1. The third kappa shape index (κ3) is 3.21. The van der Waals surface area contributed by atoms with Crippen molar-refractivity contribution in [2.45, 2.75) is 23.8 Å². The fourth-order valence-electron chi connectivity index (χ4n) is 2.09. The van der Waals surface area contributed by atoms with Crippen LogP contribution in [0.25, 0.3) is 10.2 Å². The third-order valence-corrected chi connectivity index (χ3v) is 5.02. The van der Waals surface area contributed by atoms with Crippen LogP contribution in [0, 0.1) is 18.3 Å². The van der Waals surface area contributed by atoms with Gasteiger partial charge in [-0.05, 0) is 30.4 Å². The summed E-state index contributed by atoms with van der Waals surface area (Å²) in [6.07, 6.45) is 0.660. The van der Waals surface area contributed by atoms with Gasteiger partial charge in [0.1, 0.15) is 15.9 Å². The van der Waals surface area contributed by atoms with Crippen LogP contribution in [0.1, 0.15) is 11.1 Å². The number of rotatable bonds is 4. The molecule has 1 atom stereocenters. The number of aryl methyl sites for hydroxylation is 1. The molecule has 6 heteroatoms. The van der Waals surface area contributed by atoms with E-state index in [2.05, 4.69) is 40.3 Å².